The molecule has 0 aliphatic rings. The number of carbonyl (C=O) groups is 1. The smallest absolute Gasteiger partial charge is 0.272 e. The Kier molecular flexibility index (Phi) is 5.09. The standard InChI is InChI=1S/C26H20N4O2/c1-32-20-13-11-19(12-14-20)23-15-16-30(28-23)29-26(31)22-17-25(18-7-3-2-4-8-18)27-24-10-6-5-9-21(22)24/h2-17H,1H3,(H,29,31). The molecule has 5 rings (SSSR count). The quantitative estimate of drug-likeness (QED) is 0.427. The molecule has 3 aromatic carbocycles. The molecule has 6 heteroatoms. The molecule has 156 valence electrons. The van der Waals surface area contributed by atoms with Crippen LogP contribution in [0.2, 0.25) is 0 Å². The van der Waals surface area contributed by atoms with Crippen molar-refractivity contribution in [3.8, 4) is 28.3 Å². The van der Waals surface area contributed by atoms with Gasteiger partial charge in [-0.2, -0.15) is 9.89 Å². The fourth-order valence-electron chi connectivity index (χ4n) is 3.59. The molecule has 32 heavy (non-hydrogen) atoms. The second kappa shape index (κ2) is 8.35. The van der Waals surface area contributed by atoms with Crippen LogP contribution >= 0.6 is 0 Å². The average Bonchev–Trinajstić information content (AvgIpc) is 3.32. The molecule has 0 unspecified atom stereocenters. The lowest BCUT2D eigenvalue weighted by Gasteiger charge is -2.10. The van der Waals surface area contributed by atoms with Crippen LogP contribution in [-0.4, -0.2) is 27.9 Å². The zero-order valence-corrected chi connectivity index (χ0v) is 17.4. The van der Waals surface area contributed by atoms with Crippen molar-refractivity contribution in [2.24, 2.45) is 0 Å². The largest absolute Gasteiger partial charge is 0.497 e. The molecule has 2 aromatic heterocycles. The van der Waals surface area contributed by atoms with Gasteiger partial charge in [-0.15, -0.1) is 0 Å². The molecule has 0 fully saturated rings. The van der Waals surface area contributed by atoms with Crippen molar-refractivity contribution in [2.75, 3.05) is 12.5 Å². The number of aromatic nitrogens is 3. The molecule has 0 saturated heterocycles. The second-order valence-electron chi connectivity index (χ2n) is 7.25. The summed E-state index contributed by atoms with van der Waals surface area (Å²) in [6.45, 7) is 0. The van der Waals surface area contributed by atoms with Crippen LogP contribution in [0.3, 0.4) is 0 Å². The predicted octanol–water partition coefficient (Wildman–Crippen LogP) is 5.16. The molecule has 0 saturated carbocycles. The number of pyridine rings is 1. The third-order valence-corrected chi connectivity index (χ3v) is 5.22. The minimum Gasteiger partial charge on any atom is -0.497 e. The number of para-hydroxylation sites is 1. The monoisotopic (exact) mass is 420 g/mol. The van der Waals surface area contributed by atoms with Gasteiger partial charge in [-0.05, 0) is 42.5 Å². The molecule has 0 aliphatic heterocycles. The van der Waals surface area contributed by atoms with Gasteiger partial charge in [-0.1, -0.05) is 48.5 Å². The lowest BCUT2D eigenvalue weighted by molar-refractivity contribution is 0.101. The third-order valence-electron chi connectivity index (χ3n) is 5.22. The Bertz CT molecular complexity index is 1390. The lowest BCUT2D eigenvalue weighted by atomic mass is 10.0. The van der Waals surface area contributed by atoms with Crippen LogP contribution in [0.25, 0.3) is 33.4 Å². The van der Waals surface area contributed by atoms with E-state index in [0.29, 0.717) is 5.56 Å². The Hall–Kier alpha value is -4.45. The summed E-state index contributed by atoms with van der Waals surface area (Å²) in [4.78, 5) is 19.4. The molecule has 1 amide bonds. The van der Waals surface area contributed by atoms with E-state index in [-0.39, 0.29) is 5.91 Å². The number of hydrogen-bond acceptors (Lipinski definition) is 4. The summed E-state index contributed by atoms with van der Waals surface area (Å²) in [7, 11) is 1.63. The summed E-state index contributed by atoms with van der Waals surface area (Å²) < 4.78 is 5.20. The number of amides is 1. The summed E-state index contributed by atoms with van der Waals surface area (Å²) >= 11 is 0. The molecule has 5 aromatic rings. The molecule has 0 aliphatic carbocycles. The highest BCUT2D eigenvalue weighted by Crippen LogP contribution is 2.25. The van der Waals surface area contributed by atoms with E-state index < -0.39 is 0 Å². The van der Waals surface area contributed by atoms with E-state index in [1.54, 1.807) is 13.3 Å². The van der Waals surface area contributed by atoms with Gasteiger partial charge >= 0.3 is 0 Å². The van der Waals surface area contributed by atoms with Gasteiger partial charge in [-0.3, -0.25) is 4.79 Å². The van der Waals surface area contributed by atoms with Crippen LogP contribution in [0.4, 0.5) is 0 Å². The summed E-state index contributed by atoms with van der Waals surface area (Å²) in [6.07, 6.45) is 1.72. The Labute approximate surface area is 185 Å². The highest BCUT2D eigenvalue weighted by molar-refractivity contribution is 6.10. The number of nitrogens with zero attached hydrogens (tertiary/aromatic N) is 3. The van der Waals surface area contributed by atoms with Crippen molar-refractivity contribution in [1.82, 2.24) is 14.9 Å². The number of fused-ring (bicyclic) bond motifs is 1. The van der Waals surface area contributed by atoms with Gasteiger partial charge in [0.15, 0.2) is 0 Å². The van der Waals surface area contributed by atoms with E-state index in [4.69, 9.17) is 9.72 Å². The maximum Gasteiger partial charge on any atom is 0.272 e. The van der Waals surface area contributed by atoms with E-state index in [9.17, 15) is 4.79 Å². The molecule has 2 heterocycles. The van der Waals surface area contributed by atoms with E-state index in [0.717, 1.165) is 39.2 Å². The summed E-state index contributed by atoms with van der Waals surface area (Å²) in [5.74, 6) is 0.519. The maximum absolute atomic E-state index is 13.2. The number of rotatable bonds is 5. The highest BCUT2D eigenvalue weighted by atomic mass is 16.5. The third kappa shape index (κ3) is 3.81. The fourth-order valence-corrected chi connectivity index (χ4v) is 3.59. The minimum absolute atomic E-state index is 0.259. The number of nitrogens with one attached hydrogen (secondary N) is 1. The van der Waals surface area contributed by atoms with E-state index in [1.165, 1.54) is 4.79 Å². The van der Waals surface area contributed by atoms with Crippen LogP contribution in [0.5, 0.6) is 5.75 Å². The fraction of sp³-hybridized carbons (Fsp3) is 0.0385. The van der Waals surface area contributed by atoms with Crippen molar-refractivity contribution >= 4 is 16.8 Å². The molecule has 0 radical (unpaired) electrons. The molecular formula is C26H20N4O2. The Morgan fingerprint density at radius 3 is 2.34 bits per heavy atom. The Morgan fingerprint density at radius 1 is 0.844 bits per heavy atom. The van der Waals surface area contributed by atoms with E-state index in [1.807, 2.05) is 91.0 Å². The van der Waals surface area contributed by atoms with Crippen molar-refractivity contribution in [3.05, 3.63) is 103 Å². The number of carbonyl (C=O) groups excluding carboxylic acids is 1. The zero-order chi connectivity index (χ0) is 21.9. The summed E-state index contributed by atoms with van der Waals surface area (Å²) in [6, 6.07) is 28.7. The molecular weight excluding hydrogens is 400 g/mol. The van der Waals surface area contributed by atoms with Gasteiger partial charge in [0, 0.05) is 22.7 Å². The molecule has 0 spiro atoms. The van der Waals surface area contributed by atoms with Crippen molar-refractivity contribution < 1.29 is 9.53 Å². The number of hydrogen-bond donors (Lipinski definition) is 1. The van der Waals surface area contributed by atoms with Gasteiger partial charge < -0.3 is 4.74 Å². The average molecular weight is 420 g/mol. The van der Waals surface area contributed by atoms with Gasteiger partial charge in [0.2, 0.25) is 0 Å². The first-order chi connectivity index (χ1) is 15.7. The first-order valence-corrected chi connectivity index (χ1v) is 10.2. The number of benzene rings is 3. The number of methoxy groups -OCH3 is 1. The highest BCUT2D eigenvalue weighted by Gasteiger charge is 2.15. The first-order valence-electron chi connectivity index (χ1n) is 10.2. The Morgan fingerprint density at radius 2 is 1.56 bits per heavy atom. The molecule has 0 atom stereocenters. The predicted molar refractivity (Wildman–Crippen MR) is 125 cm³/mol. The lowest BCUT2D eigenvalue weighted by Crippen LogP contribution is -2.23. The van der Waals surface area contributed by atoms with Crippen LogP contribution in [0.15, 0.2) is 97.2 Å². The normalized spacial score (nSPS) is 10.8. The van der Waals surface area contributed by atoms with Gasteiger partial charge in [-0.25, -0.2) is 10.4 Å². The van der Waals surface area contributed by atoms with Gasteiger partial charge in [0.05, 0.1) is 29.6 Å². The summed E-state index contributed by atoms with van der Waals surface area (Å²) in [5.41, 5.74) is 7.53. The van der Waals surface area contributed by atoms with Gasteiger partial charge in [0.1, 0.15) is 5.75 Å². The summed E-state index contributed by atoms with van der Waals surface area (Å²) in [5, 5.41) is 5.27. The first kappa shape index (κ1) is 19.5. The minimum atomic E-state index is -0.259. The van der Waals surface area contributed by atoms with Crippen LogP contribution in [-0.2, 0) is 0 Å². The molecule has 6 nitrogen and oxygen atoms in total. The SMILES string of the molecule is COc1ccc(-c2ccn(NC(=O)c3cc(-c4ccccc4)nc4ccccc34)n2)cc1. The van der Waals surface area contributed by atoms with Crippen LogP contribution in [0, 0.1) is 0 Å². The van der Waals surface area contributed by atoms with Crippen molar-refractivity contribution in [3.63, 3.8) is 0 Å². The zero-order valence-electron chi connectivity index (χ0n) is 17.4. The van der Waals surface area contributed by atoms with Crippen molar-refractivity contribution in [1.29, 1.82) is 0 Å². The van der Waals surface area contributed by atoms with Crippen LogP contribution in [0.1, 0.15) is 10.4 Å². The van der Waals surface area contributed by atoms with Crippen molar-refractivity contribution in [2.45, 2.75) is 0 Å². The van der Waals surface area contributed by atoms with E-state index in [2.05, 4.69) is 10.5 Å². The van der Waals surface area contributed by atoms with Gasteiger partial charge in [0.25, 0.3) is 5.91 Å². The van der Waals surface area contributed by atoms with Crippen LogP contribution < -0.4 is 10.2 Å². The second-order valence-corrected chi connectivity index (χ2v) is 7.25. The number of ether oxygens (including phenoxy) is 1. The molecule has 1 N–H and O–H groups in total. The molecule has 0 bridgehead atoms. The maximum atomic E-state index is 13.2. The van der Waals surface area contributed by atoms with E-state index >= 15 is 0 Å². The Balaban J connectivity index is 1.47. The topological polar surface area (TPSA) is 69.0 Å².